The fraction of sp³-hybridized carbons (Fsp3) is 0.333. The van der Waals surface area contributed by atoms with E-state index in [0.717, 1.165) is 5.82 Å². The average Bonchev–Trinajstić information content (AvgIpc) is 2.14. The van der Waals surface area contributed by atoms with E-state index in [1.807, 2.05) is 0 Å². The molecule has 44 valence electrons. The summed E-state index contributed by atoms with van der Waals surface area (Å²) >= 11 is 3.86. The lowest BCUT2D eigenvalue weighted by atomic mass is 10.8. The largest absolute Gasteiger partial charge is 0.370 e. The average molecular weight is 130 g/mol. The fourth-order valence-electron chi connectivity index (χ4n) is 0.370. The second-order valence-electron chi connectivity index (χ2n) is 1.27. The highest BCUT2D eigenvalue weighted by Crippen LogP contribution is 1.96. The normalized spacial score (nSPS) is 9.25. The van der Waals surface area contributed by atoms with E-state index in [0.29, 0.717) is 0 Å². The van der Waals surface area contributed by atoms with Gasteiger partial charge < -0.3 is 5.32 Å². The molecular formula is C3H6N4S. The highest BCUT2D eigenvalue weighted by molar-refractivity contribution is 7.78. The van der Waals surface area contributed by atoms with Gasteiger partial charge in [0.05, 0.1) is 6.20 Å². The van der Waals surface area contributed by atoms with Gasteiger partial charge in [-0.15, -0.1) is 5.10 Å². The van der Waals surface area contributed by atoms with Crippen LogP contribution in [0.4, 0.5) is 5.82 Å². The van der Waals surface area contributed by atoms with Crippen molar-refractivity contribution in [2.24, 2.45) is 0 Å². The third-order valence-electron chi connectivity index (χ3n) is 0.738. The molecule has 0 fully saturated rings. The molecule has 0 saturated heterocycles. The van der Waals surface area contributed by atoms with E-state index in [-0.39, 0.29) is 0 Å². The van der Waals surface area contributed by atoms with E-state index in [9.17, 15) is 0 Å². The molecule has 0 amide bonds. The number of thiol groups is 1. The van der Waals surface area contributed by atoms with Gasteiger partial charge in [-0.05, 0) is 12.8 Å². The molecule has 0 aliphatic heterocycles. The van der Waals surface area contributed by atoms with Crippen molar-refractivity contribution in [3.8, 4) is 0 Å². The quantitative estimate of drug-likeness (QED) is 0.526. The zero-order valence-electron chi connectivity index (χ0n) is 4.37. The summed E-state index contributed by atoms with van der Waals surface area (Å²) in [4.78, 5) is 0. The SMILES string of the molecule is CNc1cn(S)nn1. The molecule has 1 aromatic heterocycles. The summed E-state index contributed by atoms with van der Waals surface area (Å²) in [5.74, 6) is 0.722. The van der Waals surface area contributed by atoms with Crippen LogP contribution in [0, 0.1) is 0 Å². The van der Waals surface area contributed by atoms with Crippen LogP contribution in [0.5, 0.6) is 0 Å². The second kappa shape index (κ2) is 2.04. The minimum atomic E-state index is 0.722. The van der Waals surface area contributed by atoms with Crippen LogP contribution in [-0.4, -0.2) is 21.4 Å². The third-order valence-corrected chi connectivity index (χ3v) is 0.933. The van der Waals surface area contributed by atoms with Gasteiger partial charge >= 0.3 is 0 Å². The lowest BCUT2D eigenvalue weighted by Gasteiger charge is -1.83. The number of hydrogen-bond donors (Lipinski definition) is 2. The molecule has 0 unspecified atom stereocenters. The van der Waals surface area contributed by atoms with Gasteiger partial charge in [0.15, 0.2) is 5.82 Å². The molecule has 0 radical (unpaired) electrons. The van der Waals surface area contributed by atoms with Gasteiger partial charge in [0, 0.05) is 7.05 Å². The van der Waals surface area contributed by atoms with Gasteiger partial charge in [-0.25, -0.2) is 0 Å². The van der Waals surface area contributed by atoms with Crippen molar-refractivity contribution in [1.29, 1.82) is 0 Å². The molecule has 1 rings (SSSR count). The van der Waals surface area contributed by atoms with Crippen molar-refractivity contribution in [2.75, 3.05) is 12.4 Å². The molecule has 0 atom stereocenters. The maximum absolute atomic E-state index is 3.86. The van der Waals surface area contributed by atoms with Crippen molar-refractivity contribution in [3.05, 3.63) is 6.20 Å². The molecule has 0 aromatic carbocycles. The summed E-state index contributed by atoms with van der Waals surface area (Å²) in [6.07, 6.45) is 1.67. The van der Waals surface area contributed by atoms with Crippen LogP contribution in [0.25, 0.3) is 0 Å². The summed E-state index contributed by atoms with van der Waals surface area (Å²) in [5, 5.41) is 10.0. The van der Waals surface area contributed by atoms with E-state index in [2.05, 4.69) is 28.4 Å². The molecule has 5 heteroatoms. The molecule has 0 spiro atoms. The zero-order chi connectivity index (χ0) is 5.98. The van der Waals surface area contributed by atoms with E-state index >= 15 is 0 Å². The van der Waals surface area contributed by atoms with E-state index in [4.69, 9.17) is 0 Å². The molecule has 0 saturated carbocycles. The van der Waals surface area contributed by atoms with Gasteiger partial charge in [-0.3, -0.25) is 0 Å². The van der Waals surface area contributed by atoms with Crippen molar-refractivity contribution in [1.82, 2.24) is 14.4 Å². The smallest absolute Gasteiger partial charge is 0.169 e. The summed E-state index contributed by atoms with van der Waals surface area (Å²) < 4.78 is 1.34. The van der Waals surface area contributed by atoms with Crippen LogP contribution in [0.2, 0.25) is 0 Å². The number of rotatable bonds is 1. The molecule has 8 heavy (non-hydrogen) atoms. The number of anilines is 1. The third kappa shape index (κ3) is 0.919. The van der Waals surface area contributed by atoms with Gasteiger partial charge in [-0.1, -0.05) is 5.21 Å². The molecule has 0 aliphatic rings. The van der Waals surface area contributed by atoms with Crippen LogP contribution in [0.1, 0.15) is 0 Å². The first-order valence-corrected chi connectivity index (χ1v) is 2.52. The molecule has 0 aliphatic carbocycles. The molecule has 1 N–H and O–H groups in total. The van der Waals surface area contributed by atoms with Crippen LogP contribution in [-0.2, 0) is 0 Å². The first kappa shape index (κ1) is 5.43. The minimum Gasteiger partial charge on any atom is -0.370 e. The van der Waals surface area contributed by atoms with Gasteiger partial charge in [0.25, 0.3) is 0 Å². The number of hydrogen-bond acceptors (Lipinski definition) is 4. The van der Waals surface area contributed by atoms with Crippen LogP contribution in [0.15, 0.2) is 6.20 Å². The van der Waals surface area contributed by atoms with E-state index in [1.54, 1.807) is 13.2 Å². The Morgan fingerprint density at radius 3 is 2.88 bits per heavy atom. The Morgan fingerprint density at radius 2 is 2.62 bits per heavy atom. The van der Waals surface area contributed by atoms with E-state index in [1.165, 1.54) is 4.09 Å². The predicted octanol–water partition coefficient (Wildman–Crippen LogP) is 0.0127. The maximum Gasteiger partial charge on any atom is 0.169 e. The summed E-state index contributed by atoms with van der Waals surface area (Å²) in [5.41, 5.74) is 0. The zero-order valence-corrected chi connectivity index (χ0v) is 5.26. The van der Waals surface area contributed by atoms with E-state index < -0.39 is 0 Å². The van der Waals surface area contributed by atoms with Gasteiger partial charge in [0.1, 0.15) is 0 Å². The van der Waals surface area contributed by atoms with Crippen LogP contribution in [0.3, 0.4) is 0 Å². The summed E-state index contributed by atoms with van der Waals surface area (Å²) in [7, 11) is 1.78. The standard InChI is InChI=1S/C3H6N4S/c1-4-3-2-7(8)6-5-3/h2,4,8H,1H3. The molecule has 1 aromatic rings. The first-order chi connectivity index (χ1) is 3.83. The summed E-state index contributed by atoms with van der Waals surface area (Å²) in [6, 6.07) is 0. The minimum absolute atomic E-state index is 0.722. The Labute approximate surface area is 52.4 Å². The van der Waals surface area contributed by atoms with Crippen molar-refractivity contribution in [3.63, 3.8) is 0 Å². The highest BCUT2D eigenvalue weighted by atomic mass is 32.1. The first-order valence-electron chi connectivity index (χ1n) is 2.12. The Hall–Kier alpha value is -0.710. The summed E-state index contributed by atoms with van der Waals surface area (Å²) in [6.45, 7) is 0. The lowest BCUT2D eigenvalue weighted by molar-refractivity contribution is 0.897. The monoisotopic (exact) mass is 130 g/mol. The fourth-order valence-corrected chi connectivity index (χ4v) is 0.519. The van der Waals surface area contributed by atoms with Crippen molar-refractivity contribution in [2.45, 2.75) is 0 Å². The Kier molecular flexibility index (Phi) is 1.38. The maximum atomic E-state index is 3.86. The second-order valence-corrected chi connectivity index (χ2v) is 1.68. The number of nitrogens with one attached hydrogen (secondary N) is 1. The van der Waals surface area contributed by atoms with Gasteiger partial charge in [-0.2, -0.15) is 4.09 Å². The Morgan fingerprint density at radius 1 is 1.88 bits per heavy atom. The number of nitrogens with zero attached hydrogens (tertiary/aromatic N) is 3. The van der Waals surface area contributed by atoms with Crippen molar-refractivity contribution < 1.29 is 0 Å². The highest BCUT2D eigenvalue weighted by Gasteiger charge is 1.89. The van der Waals surface area contributed by atoms with Crippen LogP contribution >= 0.6 is 12.8 Å². The number of aromatic nitrogens is 3. The van der Waals surface area contributed by atoms with Crippen molar-refractivity contribution >= 4 is 18.6 Å². The molecule has 0 bridgehead atoms. The molecule has 4 nitrogen and oxygen atoms in total. The van der Waals surface area contributed by atoms with Gasteiger partial charge in [0.2, 0.25) is 0 Å². The molecule has 1 heterocycles. The lowest BCUT2D eigenvalue weighted by Crippen LogP contribution is -1.85. The molecular weight excluding hydrogens is 124 g/mol. The predicted molar refractivity (Wildman–Crippen MR) is 34.0 cm³/mol. The Bertz CT molecular complexity index is 172. The Balaban J connectivity index is 2.84. The van der Waals surface area contributed by atoms with Crippen LogP contribution < -0.4 is 5.32 Å². The topological polar surface area (TPSA) is 42.7 Å².